The van der Waals surface area contributed by atoms with Gasteiger partial charge < -0.3 is 5.11 Å². The van der Waals surface area contributed by atoms with Gasteiger partial charge in [-0.3, -0.25) is 4.79 Å². The van der Waals surface area contributed by atoms with Crippen LogP contribution in [0.5, 0.6) is 0 Å². The second kappa shape index (κ2) is 5.52. The van der Waals surface area contributed by atoms with E-state index in [9.17, 15) is 18.7 Å². The first-order valence-corrected chi connectivity index (χ1v) is 7.49. The molecule has 21 heavy (non-hydrogen) atoms. The van der Waals surface area contributed by atoms with E-state index in [0.29, 0.717) is 22.7 Å². The van der Waals surface area contributed by atoms with Crippen molar-refractivity contribution in [3.05, 3.63) is 40.4 Å². The zero-order valence-corrected chi connectivity index (χ0v) is 11.9. The van der Waals surface area contributed by atoms with Gasteiger partial charge in [0.2, 0.25) is 0 Å². The zero-order chi connectivity index (χ0) is 15.0. The standard InChI is InChI=1S/C15H13F2NO2S/c16-13(17)8-3-1-4-9(7-8)14-18-12-10(15(19)20)5-2-6-11(12)21-14/h1,3-4,7,10,13H,2,5-6H2,(H,19,20). The van der Waals surface area contributed by atoms with Gasteiger partial charge in [0.05, 0.1) is 11.6 Å². The van der Waals surface area contributed by atoms with Crippen molar-refractivity contribution in [2.24, 2.45) is 0 Å². The molecular formula is C15H13F2NO2S. The lowest BCUT2D eigenvalue weighted by atomic mass is 9.91. The molecule has 3 nitrogen and oxygen atoms in total. The molecule has 0 fully saturated rings. The Kier molecular flexibility index (Phi) is 3.71. The van der Waals surface area contributed by atoms with Gasteiger partial charge >= 0.3 is 5.97 Å². The van der Waals surface area contributed by atoms with Gasteiger partial charge in [-0.2, -0.15) is 0 Å². The van der Waals surface area contributed by atoms with E-state index in [2.05, 4.69) is 4.98 Å². The van der Waals surface area contributed by atoms with Crippen LogP contribution in [0.15, 0.2) is 24.3 Å². The van der Waals surface area contributed by atoms with E-state index >= 15 is 0 Å². The molecule has 0 saturated carbocycles. The Balaban J connectivity index is 2.01. The molecule has 1 heterocycles. The monoisotopic (exact) mass is 309 g/mol. The Bertz CT molecular complexity index is 684. The van der Waals surface area contributed by atoms with Gasteiger partial charge in [0.15, 0.2) is 0 Å². The minimum absolute atomic E-state index is 0.0459. The van der Waals surface area contributed by atoms with Gasteiger partial charge in [0.1, 0.15) is 5.01 Å². The number of aryl methyl sites for hydroxylation is 1. The Morgan fingerprint density at radius 2 is 2.24 bits per heavy atom. The molecule has 0 aliphatic heterocycles. The number of halogens is 2. The fourth-order valence-corrected chi connectivity index (χ4v) is 3.75. The third-order valence-corrected chi connectivity index (χ3v) is 4.82. The van der Waals surface area contributed by atoms with E-state index in [1.54, 1.807) is 12.1 Å². The van der Waals surface area contributed by atoms with Crippen molar-refractivity contribution in [2.75, 3.05) is 0 Å². The summed E-state index contributed by atoms with van der Waals surface area (Å²) in [7, 11) is 0. The van der Waals surface area contributed by atoms with Crippen LogP contribution in [-0.4, -0.2) is 16.1 Å². The summed E-state index contributed by atoms with van der Waals surface area (Å²) in [6.45, 7) is 0. The fourth-order valence-electron chi connectivity index (χ4n) is 2.59. The minimum Gasteiger partial charge on any atom is -0.481 e. The summed E-state index contributed by atoms with van der Waals surface area (Å²) < 4.78 is 25.5. The summed E-state index contributed by atoms with van der Waals surface area (Å²) in [6, 6.07) is 6.10. The van der Waals surface area contributed by atoms with Crippen LogP contribution in [0.4, 0.5) is 8.78 Å². The number of aromatic nitrogens is 1. The molecule has 0 radical (unpaired) electrons. The molecule has 3 rings (SSSR count). The minimum atomic E-state index is -2.52. The number of carboxylic acid groups (broad SMARTS) is 1. The molecule has 0 spiro atoms. The lowest BCUT2D eigenvalue weighted by molar-refractivity contribution is -0.139. The number of aliphatic carboxylic acids is 1. The number of carboxylic acids is 1. The fraction of sp³-hybridized carbons (Fsp3) is 0.333. The predicted molar refractivity (Wildman–Crippen MR) is 75.8 cm³/mol. The molecular weight excluding hydrogens is 296 g/mol. The number of hydrogen-bond donors (Lipinski definition) is 1. The maximum atomic E-state index is 12.8. The zero-order valence-electron chi connectivity index (χ0n) is 11.1. The lowest BCUT2D eigenvalue weighted by Gasteiger charge is -2.16. The third kappa shape index (κ3) is 2.68. The van der Waals surface area contributed by atoms with Crippen molar-refractivity contribution >= 4 is 17.3 Å². The van der Waals surface area contributed by atoms with E-state index < -0.39 is 18.3 Å². The van der Waals surface area contributed by atoms with Crippen LogP contribution in [-0.2, 0) is 11.2 Å². The normalized spacial score (nSPS) is 17.8. The number of nitrogens with zero attached hydrogens (tertiary/aromatic N) is 1. The average molecular weight is 309 g/mol. The van der Waals surface area contributed by atoms with Crippen LogP contribution in [0, 0.1) is 0 Å². The number of benzene rings is 1. The van der Waals surface area contributed by atoms with Crippen molar-refractivity contribution in [3.63, 3.8) is 0 Å². The van der Waals surface area contributed by atoms with Crippen molar-refractivity contribution in [1.82, 2.24) is 4.98 Å². The van der Waals surface area contributed by atoms with Crippen molar-refractivity contribution in [3.8, 4) is 10.6 Å². The molecule has 0 saturated heterocycles. The molecule has 1 N–H and O–H groups in total. The Morgan fingerprint density at radius 1 is 1.43 bits per heavy atom. The second-order valence-electron chi connectivity index (χ2n) is 5.04. The summed E-state index contributed by atoms with van der Waals surface area (Å²) in [5, 5.41) is 9.87. The molecule has 1 aromatic heterocycles. The highest BCUT2D eigenvalue weighted by Crippen LogP contribution is 2.38. The molecule has 2 aromatic rings. The molecule has 0 bridgehead atoms. The number of rotatable bonds is 3. The maximum absolute atomic E-state index is 12.8. The van der Waals surface area contributed by atoms with Gasteiger partial charge in [-0.25, -0.2) is 13.8 Å². The molecule has 1 aliphatic carbocycles. The lowest BCUT2D eigenvalue weighted by Crippen LogP contribution is -2.17. The summed E-state index contributed by atoms with van der Waals surface area (Å²) >= 11 is 1.41. The Labute approximate surface area is 124 Å². The van der Waals surface area contributed by atoms with Crippen LogP contribution in [0.1, 0.15) is 41.3 Å². The maximum Gasteiger partial charge on any atom is 0.312 e. The topological polar surface area (TPSA) is 50.2 Å². The molecule has 110 valence electrons. The van der Waals surface area contributed by atoms with Crippen LogP contribution >= 0.6 is 11.3 Å². The first kappa shape index (κ1) is 14.1. The van der Waals surface area contributed by atoms with Crippen LogP contribution < -0.4 is 0 Å². The molecule has 1 unspecified atom stereocenters. The predicted octanol–water partition coefficient (Wildman–Crippen LogP) is 4.25. The van der Waals surface area contributed by atoms with Crippen LogP contribution in [0.2, 0.25) is 0 Å². The van der Waals surface area contributed by atoms with E-state index in [-0.39, 0.29) is 5.56 Å². The summed E-state index contributed by atoms with van der Waals surface area (Å²) in [5.41, 5.74) is 1.18. The molecule has 1 aromatic carbocycles. The summed E-state index contributed by atoms with van der Waals surface area (Å²) in [5.74, 6) is -1.44. The van der Waals surface area contributed by atoms with E-state index in [1.165, 1.54) is 23.5 Å². The Hall–Kier alpha value is -1.82. The molecule has 0 amide bonds. The van der Waals surface area contributed by atoms with Gasteiger partial charge in [-0.15, -0.1) is 11.3 Å². The molecule has 1 atom stereocenters. The van der Waals surface area contributed by atoms with Gasteiger partial charge in [0.25, 0.3) is 6.43 Å². The molecule has 6 heteroatoms. The third-order valence-electron chi connectivity index (χ3n) is 3.64. The average Bonchev–Trinajstić information content (AvgIpc) is 2.91. The SMILES string of the molecule is O=C(O)C1CCCc2sc(-c3cccc(C(F)F)c3)nc21. The first-order valence-electron chi connectivity index (χ1n) is 6.67. The van der Waals surface area contributed by atoms with E-state index in [0.717, 1.165) is 17.7 Å². The number of alkyl halides is 2. The quantitative estimate of drug-likeness (QED) is 0.922. The highest BCUT2D eigenvalue weighted by Gasteiger charge is 2.30. The first-order chi connectivity index (χ1) is 10.1. The van der Waals surface area contributed by atoms with Gasteiger partial charge in [0, 0.05) is 16.0 Å². The molecule has 1 aliphatic rings. The number of hydrogen-bond acceptors (Lipinski definition) is 3. The van der Waals surface area contributed by atoms with Crippen molar-refractivity contribution in [1.29, 1.82) is 0 Å². The van der Waals surface area contributed by atoms with Crippen LogP contribution in [0.25, 0.3) is 10.6 Å². The van der Waals surface area contributed by atoms with Crippen molar-refractivity contribution in [2.45, 2.75) is 31.6 Å². The van der Waals surface area contributed by atoms with Gasteiger partial charge in [-0.1, -0.05) is 18.2 Å². The number of thiazole rings is 1. The highest BCUT2D eigenvalue weighted by atomic mass is 32.1. The number of fused-ring (bicyclic) bond motifs is 1. The largest absolute Gasteiger partial charge is 0.481 e. The van der Waals surface area contributed by atoms with Gasteiger partial charge in [-0.05, 0) is 25.3 Å². The Morgan fingerprint density at radius 3 is 2.95 bits per heavy atom. The van der Waals surface area contributed by atoms with E-state index in [4.69, 9.17) is 0 Å². The second-order valence-corrected chi connectivity index (χ2v) is 6.12. The van der Waals surface area contributed by atoms with Crippen LogP contribution in [0.3, 0.4) is 0 Å². The number of carbonyl (C=O) groups is 1. The van der Waals surface area contributed by atoms with E-state index in [1.807, 2.05) is 0 Å². The van der Waals surface area contributed by atoms with Crippen molar-refractivity contribution < 1.29 is 18.7 Å². The summed E-state index contributed by atoms with van der Waals surface area (Å²) in [6.07, 6.45) is -0.303. The smallest absolute Gasteiger partial charge is 0.312 e. The highest BCUT2D eigenvalue weighted by molar-refractivity contribution is 7.15. The summed E-state index contributed by atoms with van der Waals surface area (Å²) in [4.78, 5) is 16.7.